The number of alkyl halides is 3. The molecule has 0 bridgehead atoms. The first kappa shape index (κ1) is 33.5. The van der Waals surface area contributed by atoms with Crippen molar-refractivity contribution in [2.75, 3.05) is 6.61 Å². The minimum atomic E-state index is -2.19. The molecule has 0 saturated carbocycles. The molecular weight excluding hydrogens is 605 g/mol. The van der Waals surface area contributed by atoms with E-state index >= 15 is 0 Å². The number of hydrogen-bond donors (Lipinski definition) is 1. The van der Waals surface area contributed by atoms with E-state index in [4.69, 9.17) is 63.9 Å². The highest BCUT2D eigenvalue weighted by atomic mass is 35.6. The van der Waals surface area contributed by atoms with E-state index in [1.807, 2.05) is 91.0 Å². The van der Waals surface area contributed by atoms with Gasteiger partial charge in [0.15, 0.2) is 18.5 Å². The largest absolute Gasteiger partial charge is 0.469 e. The third-order valence-corrected chi connectivity index (χ3v) is 6.46. The lowest BCUT2D eigenvalue weighted by molar-refractivity contribution is -0.187. The molecule has 1 N–H and O–H groups in total. The standard InChI is InChI=1S/C31H32Cl3NO7/c1-22(37)41-26(17-36)28(39-19-24-13-7-3-8-14-24)29(40-20-25-15-9-4-10-16-25)27(42-30(35)31(32,33)34)21-38-18-23-11-5-2-6-12-23/h2-17,26-29,35H,18-21H2,1H3/t26-,27-,28-,29-/m1/s1. The van der Waals surface area contributed by atoms with Gasteiger partial charge in [0, 0.05) is 6.92 Å². The Labute approximate surface area is 260 Å². The Hall–Kier alpha value is -2.98. The molecule has 0 saturated heterocycles. The maximum absolute atomic E-state index is 12.3. The van der Waals surface area contributed by atoms with Crippen LogP contribution < -0.4 is 0 Å². The Morgan fingerprint density at radius 2 is 1.21 bits per heavy atom. The molecule has 0 aromatic heterocycles. The van der Waals surface area contributed by atoms with E-state index in [0.717, 1.165) is 16.7 Å². The van der Waals surface area contributed by atoms with Crippen molar-refractivity contribution in [3.05, 3.63) is 108 Å². The zero-order valence-corrected chi connectivity index (χ0v) is 25.1. The van der Waals surface area contributed by atoms with Crippen LogP contribution >= 0.6 is 34.8 Å². The van der Waals surface area contributed by atoms with Gasteiger partial charge in [-0.3, -0.25) is 15.0 Å². The maximum Gasteiger partial charge on any atom is 0.303 e. The topological polar surface area (TPSA) is 104 Å². The van der Waals surface area contributed by atoms with Crippen LogP contribution in [0.2, 0.25) is 0 Å². The van der Waals surface area contributed by atoms with Gasteiger partial charge in [0.25, 0.3) is 3.79 Å². The Morgan fingerprint density at radius 1 is 0.762 bits per heavy atom. The summed E-state index contributed by atoms with van der Waals surface area (Å²) < 4.78 is 27.5. The molecule has 224 valence electrons. The number of rotatable bonds is 16. The van der Waals surface area contributed by atoms with Crippen molar-refractivity contribution in [3.8, 4) is 0 Å². The zero-order valence-electron chi connectivity index (χ0n) is 22.9. The first-order chi connectivity index (χ1) is 20.2. The number of esters is 1. The lowest BCUT2D eigenvalue weighted by Crippen LogP contribution is -2.52. The highest BCUT2D eigenvalue weighted by Crippen LogP contribution is 2.30. The van der Waals surface area contributed by atoms with Gasteiger partial charge < -0.3 is 23.7 Å². The number of ether oxygens (including phenoxy) is 5. The van der Waals surface area contributed by atoms with E-state index < -0.39 is 40.1 Å². The Balaban J connectivity index is 1.98. The lowest BCUT2D eigenvalue weighted by Gasteiger charge is -2.36. The summed E-state index contributed by atoms with van der Waals surface area (Å²) >= 11 is 17.9. The summed E-state index contributed by atoms with van der Waals surface area (Å²) in [6.07, 6.45) is -4.43. The van der Waals surface area contributed by atoms with Crippen molar-refractivity contribution in [2.24, 2.45) is 0 Å². The lowest BCUT2D eigenvalue weighted by atomic mass is 10.0. The van der Waals surface area contributed by atoms with Crippen molar-refractivity contribution in [1.29, 1.82) is 5.41 Å². The summed E-state index contributed by atoms with van der Waals surface area (Å²) in [5.41, 5.74) is 2.49. The second kappa shape index (κ2) is 17.2. The number of aldehydes is 1. The van der Waals surface area contributed by atoms with Crippen LogP contribution in [0.5, 0.6) is 0 Å². The minimum Gasteiger partial charge on any atom is -0.469 e. The quantitative estimate of drug-likeness (QED) is 0.0653. The fourth-order valence-corrected chi connectivity index (χ4v) is 4.10. The smallest absolute Gasteiger partial charge is 0.303 e. The van der Waals surface area contributed by atoms with Crippen LogP contribution in [0.25, 0.3) is 0 Å². The molecule has 0 unspecified atom stereocenters. The van der Waals surface area contributed by atoms with E-state index in [9.17, 15) is 9.59 Å². The molecule has 0 aliphatic heterocycles. The van der Waals surface area contributed by atoms with Gasteiger partial charge in [-0.15, -0.1) is 0 Å². The maximum atomic E-state index is 12.3. The van der Waals surface area contributed by atoms with Crippen molar-refractivity contribution < 1.29 is 33.3 Å². The van der Waals surface area contributed by atoms with Crippen molar-refractivity contribution >= 4 is 53.0 Å². The first-order valence-corrected chi connectivity index (χ1v) is 14.2. The molecule has 0 heterocycles. The fourth-order valence-electron chi connectivity index (χ4n) is 3.97. The Morgan fingerprint density at radius 3 is 1.64 bits per heavy atom. The number of halogens is 3. The third-order valence-electron chi connectivity index (χ3n) is 5.94. The minimum absolute atomic E-state index is 0.0435. The fraction of sp³-hybridized carbons (Fsp3) is 0.323. The van der Waals surface area contributed by atoms with E-state index in [2.05, 4.69) is 0 Å². The van der Waals surface area contributed by atoms with E-state index in [0.29, 0.717) is 6.29 Å². The number of benzene rings is 3. The van der Waals surface area contributed by atoms with Gasteiger partial charge in [-0.1, -0.05) is 126 Å². The molecule has 0 aliphatic carbocycles. The van der Waals surface area contributed by atoms with Gasteiger partial charge in [-0.05, 0) is 16.7 Å². The van der Waals surface area contributed by atoms with Crippen LogP contribution in [0.15, 0.2) is 91.0 Å². The van der Waals surface area contributed by atoms with Gasteiger partial charge in [-0.25, -0.2) is 0 Å². The highest BCUT2D eigenvalue weighted by Gasteiger charge is 2.42. The molecule has 8 nitrogen and oxygen atoms in total. The molecule has 4 atom stereocenters. The third kappa shape index (κ3) is 11.4. The zero-order chi connectivity index (χ0) is 30.4. The average molecular weight is 637 g/mol. The summed E-state index contributed by atoms with van der Waals surface area (Å²) in [6.45, 7) is 1.32. The van der Waals surface area contributed by atoms with Gasteiger partial charge in [0.2, 0.25) is 5.90 Å². The SMILES string of the molecule is CC(=O)O[C@H](C=O)[C@@H](OCc1ccccc1)[C@H](OCc1ccccc1)[C@@H](COCc1ccccc1)OC(=N)C(Cl)(Cl)Cl. The second-order valence-electron chi connectivity index (χ2n) is 9.22. The number of carbonyl (C=O) groups excluding carboxylic acids is 2. The Kier molecular flexibility index (Phi) is 13.7. The molecule has 0 aliphatic rings. The van der Waals surface area contributed by atoms with Gasteiger partial charge >= 0.3 is 5.97 Å². The summed E-state index contributed by atoms with van der Waals surface area (Å²) in [7, 11) is 0. The molecular formula is C31H32Cl3NO7. The molecule has 3 aromatic carbocycles. The van der Waals surface area contributed by atoms with Crippen LogP contribution in [0, 0.1) is 5.41 Å². The van der Waals surface area contributed by atoms with E-state index in [-0.39, 0.29) is 26.4 Å². The molecule has 3 rings (SSSR count). The number of hydrogen-bond acceptors (Lipinski definition) is 8. The highest BCUT2D eigenvalue weighted by molar-refractivity contribution is 6.76. The predicted octanol–water partition coefficient (Wildman–Crippen LogP) is 6.24. The second-order valence-corrected chi connectivity index (χ2v) is 11.5. The predicted molar refractivity (Wildman–Crippen MR) is 161 cm³/mol. The first-order valence-electron chi connectivity index (χ1n) is 13.0. The number of carbonyl (C=O) groups is 2. The normalized spacial score (nSPS) is 14.3. The molecule has 0 fully saturated rings. The van der Waals surface area contributed by atoms with Gasteiger partial charge in [-0.2, -0.15) is 0 Å². The van der Waals surface area contributed by atoms with Crippen molar-refractivity contribution in [2.45, 2.75) is 55.0 Å². The van der Waals surface area contributed by atoms with Crippen molar-refractivity contribution in [3.63, 3.8) is 0 Å². The molecule has 42 heavy (non-hydrogen) atoms. The van der Waals surface area contributed by atoms with E-state index in [1.165, 1.54) is 6.92 Å². The Bertz CT molecular complexity index is 1240. The van der Waals surface area contributed by atoms with E-state index in [1.54, 1.807) is 0 Å². The van der Waals surface area contributed by atoms with Crippen molar-refractivity contribution in [1.82, 2.24) is 0 Å². The summed E-state index contributed by atoms with van der Waals surface area (Å²) in [6, 6.07) is 27.9. The van der Waals surface area contributed by atoms with Gasteiger partial charge in [0.1, 0.15) is 12.2 Å². The molecule has 0 spiro atoms. The monoisotopic (exact) mass is 635 g/mol. The number of nitrogens with one attached hydrogen (secondary N) is 1. The molecule has 11 heteroatoms. The molecule has 0 amide bonds. The van der Waals surface area contributed by atoms with Crippen LogP contribution in [-0.4, -0.2) is 53.0 Å². The summed E-state index contributed by atoms with van der Waals surface area (Å²) in [5.74, 6) is -1.39. The molecule has 3 aromatic rings. The van der Waals surface area contributed by atoms with Gasteiger partial charge in [0.05, 0.1) is 26.4 Å². The summed E-state index contributed by atoms with van der Waals surface area (Å²) in [4.78, 5) is 24.3. The average Bonchev–Trinajstić information content (AvgIpc) is 2.98. The summed E-state index contributed by atoms with van der Waals surface area (Å²) in [5, 5.41) is 8.28. The van der Waals surface area contributed by atoms with Crippen LogP contribution in [-0.2, 0) is 53.1 Å². The molecule has 0 radical (unpaired) electrons. The van der Waals surface area contributed by atoms with Crippen LogP contribution in [0.4, 0.5) is 0 Å². The van der Waals surface area contributed by atoms with Crippen LogP contribution in [0.1, 0.15) is 23.6 Å². The van der Waals surface area contributed by atoms with Crippen LogP contribution in [0.3, 0.4) is 0 Å².